The number of hydrogen-bond donors (Lipinski definition) is 0. The van der Waals surface area contributed by atoms with Crippen LogP contribution in [0.25, 0.3) is 10.9 Å². The van der Waals surface area contributed by atoms with Crippen LogP contribution >= 0.6 is 11.6 Å². The summed E-state index contributed by atoms with van der Waals surface area (Å²) in [4.78, 5) is 22.3. The van der Waals surface area contributed by atoms with Gasteiger partial charge in [-0.3, -0.25) is 4.98 Å². The molecule has 152 valence electrons. The lowest BCUT2D eigenvalue weighted by Gasteiger charge is -2.40. The highest BCUT2D eigenvalue weighted by Gasteiger charge is 2.35. The number of nitriles is 1. The minimum Gasteiger partial charge on any atom is -0.355 e. The van der Waals surface area contributed by atoms with E-state index in [1.54, 1.807) is 18.5 Å². The van der Waals surface area contributed by atoms with E-state index in [4.69, 9.17) is 16.9 Å². The summed E-state index contributed by atoms with van der Waals surface area (Å²) in [5.41, 5.74) is 1.45. The van der Waals surface area contributed by atoms with E-state index < -0.39 is 0 Å². The maximum absolute atomic E-state index is 13.6. The molecule has 0 spiro atoms. The Labute approximate surface area is 178 Å². The molecule has 0 saturated carbocycles. The second-order valence-electron chi connectivity index (χ2n) is 7.73. The largest absolute Gasteiger partial charge is 0.355 e. The molecular weight excluding hydrogens is 405 g/mol. The molecular formula is C21H19ClFN7. The zero-order chi connectivity index (χ0) is 20.7. The monoisotopic (exact) mass is 423 g/mol. The number of benzene rings is 1. The zero-order valence-corrected chi connectivity index (χ0v) is 16.9. The van der Waals surface area contributed by atoms with Gasteiger partial charge in [0.25, 0.3) is 0 Å². The van der Waals surface area contributed by atoms with E-state index in [9.17, 15) is 4.39 Å². The van der Waals surface area contributed by atoms with Crippen LogP contribution in [0.15, 0.2) is 30.6 Å². The van der Waals surface area contributed by atoms with Crippen LogP contribution in [0.4, 0.5) is 16.2 Å². The lowest BCUT2D eigenvalue weighted by atomic mass is 9.94. The molecule has 0 unspecified atom stereocenters. The Bertz CT molecular complexity index is 1130. The van der Waals surface area contributed by atoms with Crippen molar-refractivity contribution in [3.8, 4) is 6.07 Å². The molecule has 2 fully saturated rings. The van der Waals surface area contributed by atoms with Crippen LogP contribution < -0.4 is 9.80 Å². The lowest BCUT2D eigenvalue weighted by Crippen LogP contribution is -2.47. The minimum atomic E-state index is -0.353. The van der Waals surface area contributed by atoms with Gasteiger partial charge in [0.15, 0.2) is 5.82 Å². The first-order valence-electron chi connectivity index (χ1n) is 9.95. The summed E-state index contributed by atoms with van der Waals surface area (Å²) in [5, 5.41) is 10.1. The van der Waals surface area contributed by atoms with Crippen LogP contribution in [-0.4, -0.2) is 46.1 Å². The summed E-state index contributed by atoms with van der Waals surface area (Å²) < 4.78 is 13.6. The number of hydrogen-bond acceptors (Lipinski definition) is 7. The summed E-state index contributed by atoms with van der Waals surface area (Å²) in [5.74, 6) is 1.37. The third-order valence-electron chi connectivity index (χ3n) is 5.84. The van der Waals surface area contributed by atoms with Crippen molar-refractivity contribution in [3.63, 3.8) is 0 Å². The first-order chi connectivity index (χ1) is 14.6. The van der Waals surface area contributed by atoms with Crippen LogP contribution in [0.1, 0.15) is 24.5 Å². The first kappa shape index (κ1) is 18.9. The lowest BCUT2D eigenvalue weighted by molar-refractivity contribution is 0.472. The Balaban J connectivity index is 1.34. The topological polar surface area (TPSA) is 81.8 Å². The number of anilines is 2. The SMILES string of the molecule is N#CC1CCN(c2nccnc2C2CN(c3nc(Cl)c4ccc(F)cc4n3)C2)CC1. The molecule has 9 heteroatoms. The molecule has 2 aliphatic heterocycles. The Morgan fingerprint density at radius 1 is 1.07 bits per heavy atom. The Hall–Kier alpha value is -3.05. The second-order valence-corrected chi connectivity index (χ2v) is 8.09. The van der Waals surface area contributed by atoms with Gasteiger partial charge in [0.1, 0.15) is 11.0 Å². The molecule has 2 aromatic heterocycles. The van der Waals surface area contributed by atoms with Gasteiger partial charge in [-0.25, -0.2) is 19.3 Å². The van der Waals surface area contributed by atoms with Crippen molar-refractivity contribution in [2.45, 2.75) is 18.8 Å². The van der Waals surface area contributed by atoms with Crippen LogP contribution in [-0.2, 0) is 0 Å². The van der Waals surface area contributed by atoms with Gasteiger partial charge < -0.3 is 9.80 Å². The number of rotatable bonds is 3. The first-order valence-corrected chi connectivity index (χ1v) is 10.3. The molecule has 0 aliphatic carbocycles. The molecule has 0 N–H and O–H groups in total. The van der Waals surface area contributed by atoms with Gasteiger partial charge in [-0.1, -0.05) is 11.6 Å². The highest BCUT2D eigenvalue weighted by atomic mass is 35.5. The van der Waals surface area contributed by atoms with Gasteiger partial charge in [0.2, 0.25) is 5.95 Å². The third-order valence-corrected chi connectivity index (χ3v) is 6.12. The van der Waals surface area contributed by atoms with Gasteiger partial charge in [0.05, 0.1) is 17.3 Å². The highest BCUT2D eigenvalue weighted by Crippen LogP contribution is 2.35. The zero-order valence-electron chi connectivity index (χ0n) is 16.2. The van der Waals surface area contributed by atoms with Crippen LogP contribution in [0.2, 0.25) is 5.15 Å². The molecule has 4 heterocycles. The Morgan fingerprint density at radius 2 is 1.83 bits per heavy atom. The number of piperidine rings is 1. The van der Waals surface area contributed by atoms with Crippen molar-refractivity contribution in [1.82, 2.24) is 19.9 Å². The maximum atomic E-state index is 13.6. The summed E-state index contributed by atoms with van der Waals surface area (Å²) in [6.45, 7) is 3.01. The summed E-state index contributed by atoms with van der Waals surface area (Å²) >= 11 is 6.29. The van der Waals surface area contributed by atoms with E-state index in [0.717, 1.165) is 37.4 Å². The van der Waals surface area contributed by atoms with E-state index in [-0.39, 0.29) is 17.7 Å². The van der Waals surface area contributed by atoms with Crippen molar-refractivity contribution < 1.29 is 4.39 Å². The number of halogens is 2. The Kier molecular flexibility index (Phi) is 4.83. The van der Waals surface area contributed by atoms with Gasteiger partial charge in [0, 0.05) is 61.9 Å². The number of nitrogens with zero attached hydrogens (tertiary/aromatic N) is 7. The van der Waals surface area contributed by atoms with Crippen LogP contribution in [0, 0.1) is 23.1 Å². The van der Waals surface area contributed by atoms with Crippen molar-refractivity contribution >= 4 is 34.3 Å². The summed E-state index contributed by atoms with van der Waals surface area (Å²) in [6.07, 6.45) is 5.13. The van der Waals surface area contributed by atoms with Crippen molar-refractivity contribution in [2.75, 3.05) is 36.0 Å². The van der Waals surface area contributed by atoms with Crippen molar-refractivity contribution in [1.29, 1.82) is 5.26 Å². The normalized spacial score (nSPS) is 17.8. The van der Waals surface area contributed by atoms with Gasteiger partial charge in [-0.05, 0) is 25.0 Å². The second kappa shape index (κ2) is 7.65. The molecule has 0 amide bonds. The van der Waals surface area contributed by atoms with Gasteiger partial charge in [-0.15, -0.1) is 0 Å². The fourth-order valence-electron chi connectivity index (χ4n) is 4.10. The molecule has 7 nitrogen and oxygen atoms in total. The number of fused-ring (bicyclic) bond motifs is 1. The van der Waals surface area contributed by atoms with Gasteiger partial charge in [-0.2, -0.15) is 5.26 Å². The molecule has 2 aliphatic rings. The van der Waals surface area contributed by atoms with Crippen molar-refractivity contribution in [3.05, 3.63) is 47.3 Å². The fourth-order valence-corrected chi connectivity index (χ4v) is 4.34. The van der Waals surface area contributed by atoms with Crippen LogP contribution in [0.5, 0.6) is 0 Å². The van der Waals surface area contributed by atoms with Crippen LogP contribution in [0.3, 0.4) is 0 Å². The number of aromatic nitrogens is 4. The van der Waals surface area contributed by atoms with E-state index >= 15 is 0 Å². The molecule has 0 bridgehead atoms. The van der Waals surface area contributed by atoms with Gasteiger partial charge >= 0.3 is 0 Å². The summed E-state index contributed by atoms with van der Waals surface area (Å²) in [7, 11) is 0. The van der Waals surface area contributed by atoms with E-state index in [2.05, 4.69) is 30.9 Å². The molecule has 30 heavy (non-hydrogen) atoms. The molecule has 3 aromatic rings. The average molecular weight is 424 g/mol. The Morgan fingerprint density at radius 3 is 2.60 bits per heavy atom. The quantitative estimate of drug-likeness (QED) is 0.595. The summed E-state index contributed by atoms with van der Waals surface area (Å²) in [6, 6.07) is 6.68. The van der Waals surface area contributed by atoms with E-state index in [1.807, 2.05) is 4.90 Å². The van der Waals surface area contributed by atoms with E-state index in [0.29, 0.717) is 35.1 Å². The van der Waals surface area contributed by atoms with Crippen molar-refractivity contribution in [2.24, 2.45) is 5.92 Å². The minimum absolute atomic E-state index is 0.125. The molecule has 1 aromatic carbocycles. The predicted octanol–water partition coefficient (Wildman–Crippen LogP) is 3.56. The predicted molar refractivity (Wildman–Crippen MR) is 112 cm³/mol. The van der Waals surface area contributed by atoms with E-state index in [1.165, 1.54) is 12.1 Å². The molecule has 0 atom stereocenters. The average Bonchev–Trinajstić information content (AvgIpc) is 2.73. The fraction of sp³-hybridized carbons (Fsp3) is 0.381. The maximum Gasteiger partial charge on any atom is 0.227 e. The molecule has 2 saturated heterocycles. The highest BCUT2D eigenvalue weighted by molar-refractivity contribution is 6.34. The standard InChI is InChI=1S/C21H19ClFN7/c22-19-16-2-1-15(23)9-17(16)27-21(28-19)30-11-14(12-30)18-20(26-6-5-25-18)29-7-3-13(10-24)4-8-29/h1-2,5-6,9,13-14H,3-4,7-8,11-12H2. The third kappa shape index (κ3) is 3.39. The molecule has 5 rings (SSSR count). The smallest absolute Gasteiger partial charge is 0.227 e. The molecule has 0 radical (unpaired) electrons.